The SMILES string of the molecule is CCCCSC(C)C(=O)NC(C(=O)O)c1ccccc1. The molecule has 0 saturated heterocycles. The third-order valence-electron chi connectivity index (χ3n) is 2.90. The van der Waals surface area contributed by atoms with Gasteiger partial charge in [0.2, 0.25) is 5.91 Å². The highest BCUT2D eigenvalue weighted by atomic mass is 32.2. The molecule has 110 valence electrons. The van der Waals surface area contributed by atoms with Crippen molar-refractivity contribution in [1.82, 2.24) is 5.32 Å². The van der Waals surface area contributed by atoms with Crippen LogP contribution in [-0.2, 0) is 9.59 Å². The van der Waals surface area contributed by atoms with Gasteiger partial charge in [0.15, 0.2) is 6.04 Å². The van der Waals surface area contributed by atoms with Crippen molar-refractivity contribution in [3.63, 3.8) is 0 Å². The highest BCUT2D eigenvalue weighted by molar-refractivity contribution is 8.00. The Morgan fingerprint density at radius 1 is 1.30 bits per heavy atom. The van der Waals surface area contributed by atoms with Gasteiger partial charge in [-0.05, 0) is 24.7 Å². The lowest BCUT2D eigenvalue weighted by molar-refractivity contribution is -0.141. The van der Waals surface area contributed by atoms with Gasteiger partial charge in [-0.3, -0.25) is 4.79 Å². The smallest absolute Gasteiger partial charge is 0.330 e. The number of thioether (sulfide) groups is 1. The van der Waals surface area contributed by atoms with E-state index in [2.05, 4.69) is 12.2 Å². The molecule has 0 spiro atoms. The standard InChI is InChI=1S/C15H21NO3S/c1-3-4-10-20-11(2)14(17)16-13(15(18)19)12-8-6-5-7-9-12/h5-9,11,13H,3-4,10H2,1-2H3,(H,16,17)(H,18,19). The zero-order chi connectivity index (χ0) is 15.0. The van der Waals surface area contributed by atoms with Gasteiger partial charge in [-0.15, -0.1) is 11.8 Å². The summed E-state index contributed by atoms with van der Waals surface area (Å²) in [7, 11) is 0. The summed E-state index contributed by atoms with van der Waals surface area (Å²) in [5.41, 5.74) is 0.583. The van der Waals surface area contributed by atoms with Gasteiger partial charge in [0.05, 0.1) is 5.25 Å². The van der Waals surface area contributed by atoms with Crippen LogP contribution in [-0.4, -0.2) is 28.0 Å². The Bertz CT molecular complexity index is 436. The molecule has 2 N–H and O–H groups in total. The number of nitrogens with one attached hydrogen (secondary N) is 1. The first-order valence-corrected chi connectivity index (χ1v) is 7.80. The summed E-state index contributed by atoms with van der Waals surface area (Å²) >= 11 is 1.55. The second-order valence-electron chi connectivity index (χ2n) is 4.56. The van der Waals surface area contributed by atoms with E-state index >= 15 is 0 Å². The minimum atomic E-state index is -1.05. The number of aliphatic carboxylic acids is 1. The molecule has 1 aromatic carbocycles. The lowest BCUT2D eigenvalue weighted by atomic mass is 10.1. The van der Waals surface area contributed by atoms with E-state index in [9.17, 15) is 14.7 Å². The zero-order valence-electron chi connectivity index (χ0n) is 11.8. The third kappa shape index (κ3) is 5.25. The van der Waals surface area contributed by atoms with Gasteiger partial charge in [0.1, 0.15) is 0 Å². The normalized spacial score (nSPS) is 13.5. The van der Waals surface area contributed by atoms with E-state index in [1.165, 1.54) is 0 Å². The fourth-order valence-corrected chi connectivity index (χ4v) is 2.70. The van der Waals surface area contributed by atoms with Gasteiger partial charge >= 0.3 is 5.97 Å². The quantitative estimate of drug-likeness (QED) is 0.724. The van der Waals surface area contributed by atoms with Crippen LogP contribution in [0.25, 0.3) is 0 Å². The minimum absolute atomic E-state index is 0.234. The number of hydrogen-bond acceptors (Lipinski definition) is 3. The summed E-state index contributed by atoms with van der Waals surface area (Å²) < 4.78 is 0. The lowest BCUT2D eigenvalue weighted by Gasteiger charge is -2.18. The molecule has 1 amide bonds. The van der Waals surface area contributed by atoms with Gasteiger partial charge in [-0.25, -0.2) is 4.79 Å². The van der Waals surface area contributed by atoms with Crippen LogP contribution in [0.15, 0.2) is 30.3 Å². The maximum absolute atomic E-state index is 12.0. The second kappa shape index (κ2) is 8.64. The summed E-state index contributed by atoms with van der Waals surface area (Å²) in [4.78, 5) is 23.3. The maximum atomic E-state index is 12.0. The molecule has 2 atom stereocenters. The zero-order valence-corrected chi connectivity index (χ0v) is 12.7. The molecule has 1 aromatic rings. The van der Waals surface area contributed by atoms with Crippen LogP contribution in [0.1, 0.15) is 38.3 Å². The van der Waals surface area contributed by atoms with Crippen LogP contribution in [0.2, 0.25) is 0 Å². The number of carbonyl (C=O) groups excluding carboxylic acids is 1. The van der Waals surface area contributed by atoms with Crippen molar-refractivity contribution in [2.24, 2.45) is 0 Å². The number of carboxylic acid groups (broad SMARTS) is 1. The predicted octanol–water partition coefficient (Wildman–Crippen LogP) is 2.85. The molecule has 0 radical (unpaired) electrons. The minimum Gasteiger partial charge on any atom is -0.479 e. The number of rotatable bonds is 8. The molecule has 4 nitrogen and oxygen atoms in total. The number of benzene rings is 1. The van der Waals surface area contributed by atoms with Gasteiger partial charge in [0.25, 0.3) is 0 Å². The van der Waals surface area contributed by atoms with E-state index < -0.39 is 12.0 Å². The van der Waals surface area contributed by atoms with Crippen molar-refractivity contribution in [2.45, 2.75) is 38.0 Å². The molecule has 0 aliphatic heterocycles. The third-order valence-corrected chi connectivity index (χ3v) is 4.14. The molecule has 0 heterocycles. The van der Waals surface area contributed by atoms with Crippen molar-refractivity contribution >= 4 is 23.6 Å². The Balaban J connectivity index is 2.62. The van der Waals surface area contributed by atoms with E-state index in [1.54, 1.807) is 43.0 Å². The van der Waals surface area contributed by atoms with Crippen LogP contribution in [0.4, 0.5) is 0 Å². The summed E-state index contributed by atoms with van der Waals surface area (Å²) in [5, 5.41) is 11.6. The average molecular weight is 295 g/mol. The molecule has 0 aliphatic rings. The summed E-state index contributed by atoms with van der Waals surface area (Å²) in [6, 6.07) is 7.75. The lowest BCUT2D eigenvalue weighted by Crippen LogP contribution is -2.38. The first kappa shape index (κ1) is 16.6. The summed E-state index contributed by atoms with van der Waals surface area (Å²) in [6.45, 7) is 3.90. The largest absolute Gasteiger partial charge is 0.479 e. The number of carbonyl (C=O) groups is 2. The van der Waals surface area contributed by atoms with Crippen molar-refractivity contribution in [3.05, 3.63) is 35.9 Å². The Morgan fingerprint density at radius 3 is 2.50 bits per heavy atom. The van der Waals surface area contributed by atoms with Crippen molar-refractivity contribution in [2.75, 3.05) is 5.75 Å². The molecular weight excluding hydrogens is 274 g/mol. The molecule has 0 aliphatic carbocycles. The maximum Gasteiger partial charge on any atom is 0.330 e. The molecule has 2 unspecified atom stereocenters. The first-order chi connectivity index (χ1) is 9.56. The second-order valence-corrected chi connectivity index (χ2v) is 6.01. The van der Waals surface area contributed by atoms with E-state index in [4.69, 9.17) is 0 Å². The highest BCUT2D eigenvalue weighted by Gasteiger charge is 2.24. The fourth-order valence-electron chi connectivity index (χ4n) is 1.67. The topological polar surface area (TPSA) is 66.4 Å². The fraction of sp³-hybridized carbons (Fsp3) is 0.467. The van der Waals surface area contributed by atoms with Crippen LogP contribution in [0.3, 0.4) is 0 Å². The number of carboxylic acids is 1. The van der Waals surface area contributed by atoms with Gasteiger partial charge in [0, 0.05) is 0 Å². The number of amides is 1. The van der Waals surface area contributed by atoms with Gasteiger partial charge in [-0.1, -0.05) is 43.7 Å². The molecule has 0 aromatic heterocycles. The molecule has 5 heteroatoms. The Labute approximate surface area is 124 Å². The van der Waals surface area contributed by atoms with Crippen LogP contribution in [0.5, 0.6) is 0 Å². The first-order valence-electron chi connectivity index (χ1n) is 6.76. The van der Waals surface area contributed by atoms with Crippen LogP contribution >= 0.6 is 11.8 Å². The summed E-state index contributed by atoms with van der Waals surface area (Å²) in [6.07, 6.45) is 2.15. The predicted molar refractivity (Wildman–Crippen MR) is 81.8 cm³/mol. The van der Waals surface area contributed by atoms with E-state index in [0.29, 0.717) is 5.56 Å². The van der Waals surface area contributed by atoms with Crippen molar-refractivity contribution in [1.29, 1.82) is 0 Å². The van der Waals surface area contributed by atoms with E-state index in [1.807, 2.05) is 6.07 Å². The van der Waals surface area contributed by atoms with Crippen molar-refractivity contribution < 1.29 is 14.7 Å². The van der Waals surface area contributed by atoms with E-state index in [-0.39, 0.29) is 11.2 Å². The Hall–Kier alpha value is -1.49. The molecule has 0 fully saturated rings. The molecular formula is C15H21NO3S. The van der Waals surface area contributed by atoms with Gasteiger partial charge < -0.3 is 10.4 Å². The Kier molecular flexibility index (Phi) is 7.15. The average Bonchev–Trinajstić information content (AvgIpc) is 2.45. The van der Waals surface area contributed by atoms with Gasteiger partial charge in [-0.2, -0.15) is 0 Å². The number of unbranched alkanes of at least 4 members (excludes halogenated alkanes) is 1. The monoisotopic (exact) mass is 295 g/mol. The number of hydrogen-bond donors (Lipinski definition) is 2. The molecule has 0 bridgehead atoms. The van der Waals surface area contributed by atoms with Crippen molar-refractivity contribution in [3.8, 4) is 0 Å². The highest BCUT2D eigenvalue weighted by Crippen LogP contribution is 2.17. The van der Waals surface area contributed by atoms with Crippen LogP contribution in [0, 0.1) is 0 Å². The molecule has 0 saturated carbocycles. The van der Waals surface area contributed by atoms with Crippen LogP contribution < -0.4 is 5.32 Å². The summed E-state index contributed by atoms with van der Waals surface area (Å²) in [5.74, 6) is -0.369. The molecule has 20 heavy (non-hydrogen) atoms. The molecule has 1 rings (SSSR count). The Morgan fingerprint density at radius 2 is 1.95 bits per heavy atom. The van der Waals surface area contributed by atoms with E-state index in [0.717, 1.165) is 18.6 Å².